The van der Waals surface area contributed by atoms with E-state index in [0.717, 1.165) is 0 Å². The van der Waals surface area contributed by atoms with Crippen LogP contribution in [-0.4, -0.2) is 4.65 Å². The van der Waals surface area contributed by atoms with Gasteiger partial charge in [-0.25, -0.2) is 0 Å². The number of allylic oxidation sites excluding steroid dienone is 1. The van der Waals surface area contributed by atoms with Crippen LogP contribution in [0.15, 0.2) is 12.7 Å². The minimum absolute atomic E-state index is 0. The van der Waals surface area contributed by atoms with Gasteiger partial charge in [0, 0.05) is 36.9 Å². The van der Waals surface area contributed by atoms with Crippen molar-refractivity contribution in [2.24, 2.45) is 0 Å². The zero-order chi connectivity index (χ0) is 4.28. The minimum Gasteiger partial charge on any atom is 0 e. The van der Waals surface area contributed by atoms with Gasteiger partial charge in [0.05, 0.1) is 0 Å². The van der Waals surface area contributed by atoms with E-state index >= 15 is 0 Å². The summed E-state index contributed by atoms with van der Waals surface area (Å²) in [5, 5.41) is 0. The summed E-state index contributed by atoms with van der Waals surface area (Å²) in [5.74, 6) is 0. The molecule has 0 radical (unpaired) electrons. The Hall–Kier alpha value is 1.10. The van der Waals surface area contributed by atoms with Crippen LogP contribution in [0.25, 0.3) is 0 Å². The van der Waals surface area contributed by atoms with Gasteiger partial charge in [-0.15, -0.1) is 0 Å². The Bertz CT molecular complexity index is 66.0. The molecular weight excluding hydrogens is 269 g/mol. The van der Waals surface area contributed by atoms with E-state index in [4.69, 9.17) is 0 Å². The Labute approximate surface area is 74.9 Å². The van der Waals surface area contributed by atoms with Crippen molar-refractivity contribution in [3.05, 3.63) is 12.7 Å². The fourth-order valence-electron chi connectivity index (χ4n) is 0. The first-order chi connectivity index (χ1) is 2.27. The Kier molecular flexibility index (Phi) is 22.8. The zero-order valence-corrected chi connectivity index (χ0v) is 7.05. The Morgan fingerprint density at radius 3 is 1.86 bits per heavy atom. The van der Waals surface area contributed by atoms with E-state index in [1.807, 2.05) is 0 Å². The van der Waals surface area contributed by atoms with E-state index in [0.29, 0.717) is 0 Å². The third kappa shape index (κ3) is 19.2. The first-order valence-corrected chi connectivity index (χ1v) is 1.74. The fourth-order valence-corrected chi connectivity index (χ4v) is 0. The van der Waals surface area contributed by atoms with Gasteiger partial charge in [-0.2, -0.15) is 0 Å². The van der Waals surface area contributed by atoms with Crippen molar-refractivity contribution in [1.29, 1.82) is 0 Å². The number of carbonyl (C=O) groups is 1. The van der Waals surface area contributed by atoms with E-state index in [1.165, 1.54) is 6.08 Å². The van der Waals surface area contributed by atoms with Gasteiger partial charge in [0.15, 0.2) is 0 Å². The van der Waals surface area contributed by atoms with Gasteiger partial charge in [0.2, 0.25) is 0 Å². The second kappa shape index (κ2) is 10.2. The van der Waals surface area contributed by atoms with Crippen molar-refractivity contribution in [3.8, 4) is 0 Å². The monoisotopic (exact) mass is 271 g/mol. The van der Waals surface area contributed by atoms with E-state index in [-0.39, 0.29) is 41.6 Å². The summed E-state index contributed by atoms with van der Waals surface area (Å²) in [5.41, 5.74) is 0. The Balaban J connectivity index is -0.0000000800. The largest absolute Gasteiger partial charge is 0 e. The molecule has 4 heteroatoms. The third-order valence-corrected chi connectivity index (χ3v) is 0.427. The maximum Gasteiger partial charge on any atom is 0 e. The first-order valence-electron chi connectivity index (χ1n) is 1.11. The van der Waals surface area contributed by atoms with Crippen LogP contribution in [-0.2, 0) is 58.0 Å². The standard InChI is InChI=1S/C3H3O.Cr.Ni.Pd/c1-2-3-4;;;/h2H,1H2;;;. The maximum atomic E-state index is 9.64. The molecule has 0 heterocycles. The van der Waals surface area contributed by atoms with E-state index in [2.05, 4.69) is 22.9 Å². The molecule has 0 unspecified atom stereocenters. The number of carbonyl (C=O) groups excluding carboxylic acids is 1. The summed E-state index contributed by atoms with van der Waals surface area (Å²) < 4.78 is -0.106. The Morgan fingerprint density at radius 1 is 1.71 bits per heavy atom. The molecule has 7 heavy (non-hydrogen) atoms. The molecule has 0 amide bonds. The van der Waals surface area contributed by atoms with Crippen LogP contribution in [0, 0.1) is 0 Å². The zero-order valence-electron chi connectivity index (χ0n) is 3.23. The van der Waals surface area contributed by atoms with Gasteiger partial charge >= 0.3 is 38.4 Å². The van der Waals surface area contributed by atoms with Crippen molar-refractivity contribution in [1.82, 2.24) is 0 Å². The molecule has 0 N–H and O–H groups in total. The maximum absolute atomic E-state index is 9.64. The molecule has 0 aromatic heterocycles. The molecule has 0 saturated heterocycles. The van der Waals surface area contributed by atoms with Crippen molar-refractivity contribution in [2.75, 3.05) is 0 Å². The van der Waals surface area contributed by atoms with Crippen LogP contribution in [0.3, 0.4) is 0 Å². The summed E-state index contributed by atoms with van der Waals surface area (Å²) in [6, 6.07) is 0. The summed E-state index contributed by atoms with van der Waals surface area (Å²) in [4.78, 5) is 9.64. The van der Waals surface area contributed by atoms with E-state index in [9.17, 15) is 4.79 Å². The molecule has 0 rings (SSSR count). The molecule has 0 aliphatic rings. The summed E-state index contributed by atoms with van der Waals surface area (Å²) in [6.45, 7) is 3.18. The average Bonchev–Trinajstić information content (AvgIpc) is 1.38. The van der Waals surface area contributed by atoms with E-state index in [1.54, 1.807) is 0 Å². The molecule has 0 fully saturated rings. The predicted octanol–water partition coefficient (Wildman–Crippen LogP) is 0.241. The van der Waals surface area contributed by atoms with Crippen LogP contribution < -0.4 is 0 Å². The van der Waals surface area contributed by atoms with Crippen LogP contribution in [0.1, 0.15) is 0 Å². The van der Waals surface area contributed by atoms with E-state index < -0.39 is 0 Å². The molecule has 0 atom stereocenters. The van der Waals surface area contributed by atoms with Gasteiger partial charge in [-0.1, -0.05) is 0 Å². The smallest absolute Gasteiger partial charge is 0 e. The summed E-state index contributed by atoms with van der Waals surface area (Å²) >= 11 is 2.23. The first kappa shape index (κ1) is 15.7. The quantitative estimate of drug-likeness (QED) is 0.494. The van der Waals surface area contributed by atoms with Gasteiger partial charge in [0.25, 0.3) is 0 Å². The molecule has 47 valence electrons. The van der Waals surface area contributed by atoms with Crippen molar-refractivity contribution in [3.63, 3.8) is 0 Å². The summed E-state index contributed by atoms with van der Waals surface area (Å²) in [6.07, 6.45) is 1.22. The van der Waals surface area contributed by atoms with Crippen LogP contribution >= 0.6 is 0 Å². The van der Waals surface area contributed by atoms with Crippen LogP contribution in [0.4, 0.5) is 0 Å². The van der Waals surface area contributed by atoms with Gasteiger partial charge < -0.3 is 0 Å². The SMILES string of the molecule is C=C[C](=O)[Cr].[Ni].[Pd]. The molecule has 0 bridgehead atoms. The topological polar surface area (TPSA) is 17.1 Å². The molecule has 0 aromatic carbocycles. The van der Waals surface area contributed by atoms with Crippen molar-refractivity contribution in [2.45, 2.75) is 0 Å². The molecule has 0 spiro atoms. The van der Waals surface area contributed by atoms with Crippen LogP contribution in [0.5, 0.6) is 0 Å². The van der Waals surface area contributed by atoms with Crippen LogP contribution in [0.2, 0.25) is 0 Å². The summed E-state index contributed by atoms with van der Waals surface area (Å²) in [7, 11) is 0. The average molecular weight is 272 g/mol. The van der Waals surface area contributed by atoms with Gasteiger partial charge in [0.1, 0.15) is 0 Å². The second-order valence-electron chi connectivity index (χ2n) is 0.523. The molecule has 0 aliphatic carbocycles. The number of hydrogen-bond acceptors (Lipinski definition) is 1. The Morgan fingerprint density at radius 2 is 1.86 bits per heavy atom. The van der Waals surface area contributed by atoms with Gasteiger partial charge in [-0.05, 0) is 0 Å². The number of hydrogen-bond donors (Lipinski definition) is 0. The van der Waals surface area contributed by atoms with Crippen molar-refractivity contribution >= 4 is 4.65 Å². The third-order valence-electron chi connectivity index (χ3n) is 0.167. The molecule has 1 nitrogen and oxygen atoms in total. The molecule has 0 saturated carbocycles. The fraction of sp³-hybridized carbons (Fsp3) is 0. The minimum atomic E-state index is -0.106. The molecule has 0 aliphatic heterocycles. The normalized spacial score (nSPS) is 4.57. The molecular formula is C3H3CrNiOPd. The number of rotatable bonds is 1. The van der Waals surface area contributed by atoms with Gasteiger partial charge in [-0.3, -0.25) is 0 Å². The second-order valence-corrected chi connectivity index (χ2v) is 1.15. The van der Waals surface area contributed by atoms with Crippen molar-refractivity contribution < 1.29 is 58.0 Å². The predicted molar refractivity (Wildman–Crippen MR) is 15.2 cm³/mol. The molecule has 0 aromatic rings.